The Balaban J connectivity index is 3.66. The van der Waals surface area contributed by atoms with E-state index in [9.17, 15) is 9.36 Å². The summed E-state index contributed by atoms with van der Waals surface area (Å²) >= 11 is 0. The fraction of sp³-hybridized carbons (Fsp3) is 0.714. The molecule has 74 valence electrons. The molecule has 0 aliphatic carbocycles. The van der Waals surface area contributed by atoms with Crippen LogP contribution in [-0.2, 0) is 9.36 Å². The molecule has 0 heterocycles. The van der Waals surface area contributed by atoms with Crippen molar-refractivity contribution in [1.29, 1.82) is 0 Å². The second kappa shape index (κ2) is 8.02. The molecule has 1 atom stereocenters. The van der Waals surface area contributed by atoms with Crippen LogP contribution in [0.1, 0.15) is 19.3 Å². The molecule has 0 bridgehead atoms. The third-order valence-corrected chi connectivity index (χ3v) is 1.73. The molecule has 6 heteroatoms. The molecular formula is C7H14N3O2P. The third kappa shape index (κ3) is 6.55. The van der Waals surface area contributed by atoms with E-state index in [-0.39, 0.29) is 13.8 Å². The van der Waals surface area contributed by atoms with Crippen LogP contribution < -0.4 is 16.8 Å². The van der Waals surface area contributed by atoms with Crippen LogP contribution in [0.15, 0.2) is 0 Å². The number of hydrogen-bond donors (Lipinski definition) is 3. The Morgan fingerprint density at radius 3 is 2.77 bits per heavy atom. The van der Waals surface area contributed by atoms with Crippen LogP contribution in [0.3, 0.4) is 0 Å². The summed E-state index contributed by atoms with van der Waals surface area (Å²) in [5, 5.41) is 2.19. The first kappa shape index (κ1) is 12.4. The van der Waals surface area contributed by atoms with Crippen LogP contribution in [0.2, 0.25) is 0 Å². The predicted molar refractivity (Wildman–Crippen MR) is 50.5 cm³/mol. The topological polar surface area (TPSA) is 98.2 Å². The van der Waals surface area contributed by atoms with E-state index in [0.717, 1.165) is 12.8 Å². The first-order valence-corrected chi connectivity index (χ1v) is 4.86. The van der Waals surface area contributed by atoms with Crippen molar-refractivity contribution >= 4 is 13.8 Å². The normalized spacial score (nSPS) is 11.5. The molecule has 13 heavy (non-hydrogen) atoms. The SMILES string of the molecule is NCCCC[C@H](N)C(=O)NC#P=O. The number of carbonyl (C=O) groups excluding carboxylic acids is 1. The molecule has 0 aliphatic rings. The number of hydrogen-bond acceptors (Lipinski definition) is 4. The van der Waals surface area contributed by atoms with E-state index in [1.165, 1.54) is 0 Å². The fourth-order valence-electron chi connectivity index (χ4n) is 0.810. The van der Waals surface area contributed by atoms with Crippen molar-refractivity contribution in [2.45, 2.75) is 25.3 Å². The van der Waals surface area contributed by atoms with Gasteiger partial charge in [-0.15, -0.1) is 0 Å². The minimum absolute atomic E-state index is 0.347. The molecule has 0 aliphatic heterocycles. The summed E-state index contributed by atoms with van der Waals surface area (Å²) in [5.41, 5.74) is 10.8. The summed E-state index contributed by atoms with van der Waals surface area (Å²) in [4.78, 5) is 11.0. The molecule has 5 N–H and O–H groups in total. The average molecular weight is 203 g/mol. The Morgan fingerprint density at radius 1 is 1.54 bits per heavy atom. The Hall–Kier alpha value is -0.600. The second-order valence-corrected chi connectivity index (χ2v) is 2.99. The third-order valence-electron chi connectivity index (χ3n) is 1.53. The summed E-state index contributed by atoms with van der Waals surface area (Å²) in [6.07, 6.45) is 2.26. The van der Waals surface area contributed by atoms with Gasteiger partial charge in [0.2, 0.25) is 0 Å². The van der Waals surface area contributed by atoms with Gasteiger partial charge in [0.1, 0.15) is 0 Å². The maximum atomic E-state index is 11.0. The average Bonchev–Trinajstić information content (AvgIpc) is 2.14. The van der Waals surface area contributed by atoms with Gasteiger partial charge in [-0.1, -0.05) is 0 Å². The van der Waals surface area contributed by atoms with Crippen LogP contribution in [-0.4, -0.2) is 18.5 Å². The molecular weight excluding hydrogens is 189 g/mol. The van der Waals surface area contributed by atoms with Gasteiger partial charge < -0.3 is 0 Å². The van der Waals surface area contributed by atoms with E-state index >= 15 is 0 Å². The van der Waals surface area contributed by atoms with Gasteiger partial charge >= 0.3 is 77.6 Å². The summed E-state index contributed by atoms with van der Waals surface area (Å²) < 4.78 is 9.91. The predicted octanol–water partition coefficient (Wildman–Crippen LogP) is -0.233. The molecule has 0 rings (SSSR count). The standard InChI is InChI=1S/C7H14N3O2P/c8-4-2-1-3-6(9)7(11)10-5-13-12/h6H,1-4,8-9H2,(H,10,11)/t6-/m0/s1. The van der Waals surface area contributed by atoms with E-state index in [2.05, 4.69) is 11.1 Å². The van der Waals surface area contributed by atoms with E-state index in [1.807, 2.05) is 0 Å². The van der Waals surface area contributed by atoms with Crippen molar-refractivity contribution in [2.24, 2.45) is 11.5 Å². The van der Waals surface area contributed by atoms with Crippen molar-refractivity contribution in [1.82, 2.24) is 5.32 Å². The molecule has 0 spiro atoms. The van der Waals surface area contributed by atoms with Crippen molar-refractivity contribution in [2.75, 3.05) is 6.54 Å². The Labute approximate surface area is 78.4 Å². The van der Waals surface area contributed by atoms with Gasteiger partial charge in [0.15, 0.2) is 0 Å². The maximum absolute atomic E-state index is 11.0. The summed E-state index contributed by atoms with van der Waals surface area (Å²) in [7, 11) is -0.347. The molecule has 0 unspecified atom stereocenters. The quantitative estimate of drug-likeness (QED) is 0.326. The van der Waals surface area contributed by atoms with Gasteiger partial charge in [-0.25, -0.2) is 0 Å². The van der Waals surface area contributed by atoms with Crippen molar-refractivity contribution < 1.29 is 9.36 Å². The Bertz CT molecular complexity index is 249. The molecule has 1 amide bonds. The van der Waals surface area contributed by atoms with Crippen molar-refractivity contribution in [3.63, 3.8) is 0 Å². The van der Waals surface area contributed by atoms with Gasteiger partial charge in [-0.2, -0.15) is 0 Å². The zero-order chi connectivity index (χ0) is 10.1. The van der Waals surface area contributed by atoms with Gasteiger partial charge in [0, 0.05) is 0 Å². The molecule has 0 aromatic rings. The summed E-state index contributed by atoms with van der Waals surface area (Å²) in [5.74, 6) is 1.77. The molecule has 0 aromatic carbocycles. The first-order valence-electron chi connectivity index (χ1n) is 4.05. The van der Waals surface area contributed by atoms with E-state index in [1.54, 1.807) is 0 Å². The number of nitrogens with two attached hydrogens (primary N) is 2. The van der Waals surface area contributed by atoms with Crippen molar-refractivity contribution in [3.05, 3.63) is 0 Å². The van der Waals surface area contributed by atoms with Crippen LogP contribution in [0.4, 0.5) is 0 Å². The van der Waals surface area contributed by atoms with E-state index < -0.39 is 6.04 Å². The van der Waals surface area contributed by atoms with Crippen LogP contribution >= 0.6 is 7.92 Å². The molecule has 5 nitrogen and oxygen atoms in total. The van der Waals surface area contributed by atoms with E-state index in [4.69, 9.17) is 11.5 Å². The number of amides is 1. The summed E-state index contributed by atoms with van der Waals surface area (Å²) in [6, 6.07) is -0.569. The van der Waals surface area contributed by atoms with Gasteiger partial charge in [-0.05, 0) is 0 Å². The first-order chi connectivity index (χ1) is 6.22. The van der Waals surface area contributed by atoms with Crippen LogP contribution in [0.5, 0.6) is 0 Å². The molecule has 0 saturated heterocycles. The number of unbranched alkanes of at least 4 members (excludes halogenated alkanes) is 1. The van der Waals surface area contributed by atoms with E-state index in [0.29, 0.717) is 13.0 Å². The van der Waals surface area contributed by atoms with Gasteiger partial charge in [0.25, 0.3) is 0 Å². The Kier molecular flexibility index (Phi) is 7.65. The minimum atomic E-state index is -0.569. The number of rotatable bonds is 5. The molecule has 0 fully saturated rings. The summed E-state index contributed by atoms with van der Waals surface area (Å²) in [6.45, 7) is 0.603. The Morgan fingerprint density at radius 2 is 2.23 bits per heavy atom. The van der Waals surface area contributed by atoms with Crippen LogP contribution in [0, 0.1) is 5.75 Å². The van der Waals surface area contributed by atoms with Crippen LogP contribution in [0.25, 0.3) is 0 Å². The molecule has 0 radical (unpaired) electrons. The number of carbonyl (C=O) groups is 1. The zero-order valence-electron chi connectivity index (χ0n) is 7.32. The molecule has 0 aromatic heterocycles. The van der Waals surface area contributed by atoms with Gasteiger partial charge in [0.05, 0.1) is 0 Å². The second-order valence-electron chi connectivity index (χ2n) is 2.58. The zero-order valence-corrected chi connectivity index (χ0v) is 8.22. The van der Waals surface area contributed by atoms with Crippen molar-refractivity contribution in [3.8, 4) is 5.75 Å². The van der Waals surface area contributed by atoms with Gasteiger partial charge in [-0.3, -0.25) is 0 Å². The monoisotopic (exact) mass is 203 g/mol. The fourth-order valence-corrected chi connectivity index (χ4v) is 0.966. The molecule has 0 saturated carbocycles. The number of nitrogens with one attached hydrogen (secondary N) is 1.